The van der Waals surface area contributed by atoms with Gasteiger partial charge in [-0.1, -0.05) is 12.1 Å². The van der Waals surface area contributed by atoms with Crippen LogP contribution >= 0.6 is 0 Å². The molecule has 0 aliphatic heterocycles. The standard InChI is InChI=1S/C12H17N5O2/c1-4-10-11(12(18)19-3)14-15-17(10)7-9-6-13-8-16(9)5-2/h6,8H,4-5,7H2,1-3H3. The highest BCUT2D eigenvalue weighted by Crippen LogP contribution is 2.10. The van der Waals surface area contributed by atoms with E-state index in [4.69, 9.17) is 4.74 Å². The number of esters is 1. The Labute approximate surface area is 111 Å². The Morgan fingerprint density at radius 1 is 1.42 bits per heavy atom. The summed E-state index contributed by atoms with van der Waals surface area (Å²) in [5.74, 6) is -0.452. The van der Waals surface area contributed by atoms with Gasteiger partial charge in [0.05, 0.1) is 37.6 Å². The van der Waals surface area contributed by atoms with E-state index in [-0.39, 0.29) is 5.69 Å². The molecule has 0 aliphatic rings. The van der Waals surface area contributed by atoms with E-state index in [1.807, 2.05) is 18.4 Å². The van der Waals surface area contributed by atoms with Gasteiger partial charge in [0.1, 0.15) is 0 Å². The second-order valence-electron chi connectivity index (χ2n) is 4.06. The van der Waals surface area contributed by atoms with Gasteiger partial charge in [-0.2, -0.15) is 0 Å². The van der Waals surface area contributed by atoms with Gasteiger partial charge in [-0.3, -0.25) is 0 Å². The number of carbonyl (C=O) groups excluding carboxylic acids is 1. The molecule has 0 radical (unpaired) electrons. The van der Waals surface area contributed by atoms with Gasteiger partial charge in [0.25, 0.3) is 0 Å². The number of carbonyl (C=O) groups is 1. The molecule has 2 aromatic rings. The molecule has 2 heterocycles. The Bertz CT molecular complexity index is 572. The van der Waals surface area contributed by atoms with Gasteiger partial charge < -0.3 is 9.30 Å². The second kappa shape index (κ2) is 5.64. The molecule has 7 nitrogen and oxygen atoms in total. The summed E-state index contributed by atoms with van der Waals surface area (Å²) in [5, 5.41) is 7.93. The fourth-order valence-corrected chi connectivity index (χ4v) is 1.98. The molecule has 0 fully saturated rings. The first-order valence-electron chi connectivity index (χ1n) is 6.20. The number of nitrogens with zero attached hydrogens (tertiary/aromatic N) is 5. The van der Waals surface area contributed by atoms with Crippen molar-refractivity contribution in [2.75, 3.05) is 7.11 Å². The van der Waals surface area contributed by atoms with Crippen LogP contribution in [0.2, 0.25) is 0 Å². The summed E-state index contributed by atoms with van der Waals surface area (Å²) in [6, 6.07) is 0. The number of methoxy groups -OCH3 is 1. The number of rotatable bonds is 5. The number of ether oxygens (including phenoxy) is 1. The molecule has 0 aliphatic carbocycles. The summed E-state index contributed by atoms with van der Waals surface area (Å²) < 4.78 is 8.44. The zero-order valence-electron chi connectivity index (χ0n) is 11.3. The minimum atomic E-state index is -0.452. The molecule has 7 heteroatoms. The summed E-state index contributed by atoms with van der Waals surface area (Å²) in [5.41, 5.74) is 2.08. The average Bonchev–Trinajstić information content (AvgIpc) is 3.04. The third-order valence-electron chi connectivity index (χ3n) is 3.00. The zero-order chi connectivity index (χ0) is 13.8. The highest BCUT2D eigenvalue weighted by molar-refractivity contribution is 5.88. The van der Waals surface area contributed by atoms with Gasteiger partial charge in [0, 0.05) is 6.54 Å². The van der Waals surface area contributed by atoms with E-state index in [9.17, 15) is 4.79 Å². The molecule has 102 valence electrons. The normalized spacial score (nSPS) is 10.7. The fourth-order valence-electron chi connectivity index (χ4n) is 1.98. The van der Waals surface area contributed by atoms with Crippen molar-refractivity contribution in [3.63, 3.8) is 0 Å². The van der Waals surface area contributed by atoms with Crippen LogP contribution in [0.3, 0.4) is 0 Å². The van der Waals surface area contributed by atoms with Crippen LogP contribution in [0.15, 0.2) is 12.5 Å². The van der Waals surface area contributed by atoms with E-state index < -0.39 is 5.97 Å². The van der Waals surface area contributed by atoms with Gasteiger partial charge >= 0.3 is 5.97 Å². The molecule has 19 heavy (non-hydrogen) atoms. The van der Waals surface area contributed by atoms with E-state index in [1.165, 1.54) is 7.11 Å². The van der Waals surface area contributed by atoms with Crippen molar-refractivity contribution >= 4 is 5.97 Å². The number of aryl methyl sites for hydroxylation is 1. The Hall–Kier alpha value is -2.18. The maximum atomic E-state index is 11.6. The lowest BCUT2D eigenvalue weighted by Crippen LogP contribution is -2.12. The summed E-state index contributed by atoms with van der Waals surface area (Å²) in [6.07, 6.45) is 4.24. The first-order valence-corrected chi connectivity index (χ1v) is 6.20. The quantitative estimate of drug-likeness (QED) is 0.749. The largest absolute Gasteiger partial charge is 0.464 e. The van der Waals surface area contributed by atoms with Crippen LogP contribution in [-0.2, 0) is 24.2 Å². The Kier molecular flexibility index (Phi) is 3.94. The van der Waals surface area contributed by atoms with Gasteiger partial charge in [0.2, 0.25) is 0 Å². The van der Waals surface area contributed by atoms with Crippen LogP contribution < -0.4 is 0 Å². The molecule has 0 atom stereocenters. The number of hydrogen-bond donors (Lipinski definition) is 0. The second-order valence-corrected chi connectivity index (χ2v) is 4.06. The van der Waals surface area contributed by atoms with E-state index in [1.54, 1.807) is 17.2 Å². The minimum Gasteiger partial charge on any atom is -0.464 e. The molecule has 0 unspecified atom stereocenters. The highest BCUT2D eigenvalue weighted by atomic mass is 16.5. The zero-order valence-corrected chi connectivity index (χ0v) is 11.3. The van der Waals surface area contributed by atoms with E-state index in [2.05, 4.69) is 15.3 Å². The monoisotopic (exact) mass is 263 g/mol. The Morgan fingerprint density at radius 3 is 2.84 bits per heavy atom. The SMILES string of the molecule is CCc1c(C(=O)OC)nnn1Cc1cncn1CC. The minimum absolute atomic E-state index is 0.285. The van der Waals surface area contributed by atoms with Crippen LogP contribution in [0.4, 0.5) is 0 Å². The van der Waals surface area contributed by atoms with E-state index in [0.717, 1.165) is 17.9 Å². The molecule has 2 aromatic heterocycles. The fraction of sp³-hybridized carbons (Fsp3) is 0.500. The van der Waals surface area contributed by atoms with Crippen molar-refractivity contribution in [1.29, 1.82) is 0 Å². The van der Waals surface area contributed by atoms with E-state index >= 15 is 0 Å². The maximum absolute atomic E-state index is 11.6. The molecule has 0 bridgehead atoms. The average molecular weight is 263 g/mol. The lowest BCUT2D eigenvalue weighted by Gasteiger charge is -2.07. The number of hydrogen-bond acceptors (Lipinski definition) is 5. The van der Waals surface area contributed by atoms with Crippen LogP contribution in [0.5, 0.6) is 0 Å². The molecule has 0 spiro atoms. The van der Waals surface area contributed by atoms with Crippen LogP contribution in [-0.4, -0.2) is 37.6 Å². The van der Waals surface area contributed by atoms with Crippen molar-refractivity contribution in [2.24, 2.45) is 0 Å². The van der Waals surface area contributed by atoms with Crippen LogP contribution in [0.25, 0.3) is 0 Å². The molecule has 0 saturated carbocycles. The van der Waals surface area contributed by atoms with Crippen LogP contribution in [0, 0.1) is 0 Å². The number of aromatic nitrogens is 5. The van der Waals surface area contributed by atoms with Crippen molar-refractivity contribution in [2.45, 2.75) is 33.4 Å². The van der Waals surface area contributed by atoms with Crippen molar-refractivity contribution in [3.8, 4) is 0 Å². The topological polar surface area (TPSA) is 74.8 Å². The Balaban J connectivity index is 2.31. The van der Waals surface area contributed by atoms with Gasteiger partial charge in [-0.25, -0.2) is 14.5 Å². The predicted octanol–water partition coefficient (Wildman–Crippen LogP) is 0.892. The molecule has 0 aromatic carbocycles. The van der Waals surface area contributed by atoms with Crippen molar-refractivity contribution in [3.05, 3.63) is 29.6 Å². The summed E-state index contributed by atoms with van der Waals surface area (Å²) in [4.78, 5) is 15.7. The van der Waals surface area contributed by atoms with Crippen molar-refractivity contribution < 1.29 is 9.53 Å². The third-order valence-corrected chi connectivity index (χ3v) is 3.00. The Morgan fingerprint density at radius 2 is 2.21 bits per heavy atom. The highest BCUT2D eigenvalue weighted by Gasteiger charge is 2.19. The first kappa shape index (κ1) is 13.3. The molecule has 0 N–H and O–H groups in total. The maximum Gasteiger partial charge on any atom is 0.360 e. The lowest BCUT2D eigenvalue weighted by molar-refractivity contribution is 0.0592. The molecular weight excluding hydrogens is 246 g/mol. The van der Waals surface area contributed by atoms with E-state index in [0.29, 0.717) is 13.0 Å². The smallest absolute Gasteiger partial charge is 0.360 e. The molecular formula is C12H17N5O2. The number of imidazole rings is 1. The molecule has 0 amide bonds. The molecule has 0 saturated heterocycles. The predicted molar refractivity (Wildman–Crippen MR) is 67.7 cm³/mol. The first-order chi connectivity index (χ1) is 9.21. The van der Waals surface area contributed by atoms with Crippen molar-refractivity contribution in [1.82, 2.24) is 24.5 Å². The third kappa shape index (κ3) is 2.49. The summed E-state index contributed by atoms with van der Waals surface area (Å²) >= 11 is 0. The van der Waals surface area contributed by atoms with Gasteiger partial charge in [-0.05, 0) is 13.3 Å². The van der Waals surface area contributed by atoms with Gasteiger partial charge in [-0.15, -0.1) is 5.10 Å². The van der Waals surface area contributed by atoms with Gasteiger partial charge in [0.15, 0.2) is 5.69 Å². The summed E-state index contributed by atoms with van der Waals surface area (Å²) in [7, 11) is 1.34. The molecule has 2 rings (SSSR count). The lowest BCUT2D eigenvalue weighted by atomic mass is 10.2. The van der Waals surface area contributed by atoms with Crippen LogP contribution in [0.1, 0.15) is 35.7 Å². The summed E-state index contributed by atoms with van der Waals surface area (Å²) in [6.45, 7) is 5.39.